The fourth-order valence-corrected chi connectivity index (χ4v) is 4.10. The van der Waals surface area contributed by atoms with Gasteiger partial charge in [0, 0.05) is 26.2 Å². The minimum atomic E-state index is 0.198. The molecule has 114 valence electrons. The van der Waals surface area contributed by atoms with E-state index in [0.717, 1.165) is 45.8 Å². The van der Waals surface area contributed by atoms with Gasteiger partial charge in [-0.05, 0) is 12.0 Å². The van der Waals surface area contributed by atoms with Crippen molar-refractivity contribution in [2.75, 3.05) is 45.1 Å². The average Bonchev–Trinajstić information content (AvgIpc) is 2.91. The molecule has 2 heterocycles. The van der Waals surface area contributed by atoms with Gasteiger partial charge in [0.2, 0.25) is 5.91 Å². The maximum absolute atomic E-state index is 12.1. The third-order valence-electron chi connectivity index (χ3n) is 4.03. The number of rotatable bonds is 5. The molecular weight excluding hydrogens is 284 g/mol. The molecule has 0 unspecified atom stereocenters. The summed E-state index contributed by atoms with van der Waals surface area (Å²) in [4.78, 5) is 16.6. The first-order valence-electron chi connectivity index (χ1n) is 7.61. The van der Waals surface area contributed by atoms with E-state index in [2.05, 4.69) is 17.0 Å². The highest BCUT2D eigenvalue weighted by atomic mass is 32.2. The summed E-state index contributed by atoms with van der Waals surface area (Å²) in [5.41, 5.74) is 1.24. The lowest BCUT2D eigenvalue weighted by Gasteiger charge is -2.29. The number of hydrogen-bond acceptors (Lipinski definition) is 4. The number of ether oxygens (including phenoxy) is 1. The second-order valence-corrected chi connectivity index (χ2v) is 6.54. The zero-order valence-electron chi connectivity index (χ0n) is 12.2. The van der Waals surface area contributed by atoms with Gasteiger partial charge in [0.1, 0.15) is 5.37 Å². The zero-order chi connectivity index (χ0) is 14.5. The minimum Gasteiger partial charge on any atom is -0.379 e. The molecule has 1 aromatic carbocycles. The number of nitrogens with zero attached hydrogens (tertiary/aromatic N) is 2. The van der Waals surface area contributed by atoms with E-state index in [1.54, 1.807) is 11.8 Å². The number of thioether (sulfide) groups is 1. The number of hydrogen-bond donors (Lipinski definition) is 0. The van der Waals surface area contributed by atoms with Crippen LogP contribution in [0.3, 0.4) is 0 Å². The topological polar surface area (TPSA) is 32.8 Å². The summed E-state index contributed by atoms with van der Waals surface area (Å²) >= 11 is 1.74. The molecule has 2 fully saturated rings. The summed E-state index contributed by atoms with van der Waals surface area (Å²) in [6.07, 6.45) is 1.04. The lowest BCUT2D eigenvalue weighted by Crippen LogP contribution is -2.38. The van der Waals surface area contributed by atoms with Crippen LogP contribution < -0.4 is 0 Å². The van der Waals surface area contributed by atoms with E-state index in [9.17, 15) is 4.79 Å². The Morgan fingerprint density at radius 3 is 2.67 bits per heavy atom. The summed E-state index contributed by atoms with van der Waals surface area (Å²) in [7, 11) is 0. The van der Waals surface area contributed by atoms with Crippen LogP contribution in [0, 0.1) is 0 Å². The molecule has 0 N–H and O–H groups in total. The molecular formula is C16H22N2O2S. The van der Waals surface area contributed by atoms with Crippen LogP contribution in [0.5, 0.6) is 0 Å². The summed E-state index contributed by atoms with van der Waals surface area (Å²) in [5.74, 6) is 0.882. The first-order valence-corrected chi connectivity index (χ1v) is 8.65. The Labute approximate surface area is 130 Å². The SMILES string of the molecule is O=C1CS[C@H](c2ccccc2)N1CCCN1CCOCC1. The molecule has 2 saturated heterocycles. The summed E-state index contributed by atoms with van der Waals surface area (Å²) in [6.45, 7) is 5.62. The number of carbonyl (C=O) groups excluding carboxylic acids is 1. The van der Waals surface area contributed by atoms with Crippen LogP contribution in [0.25, 0.3) is 0 Å². The minimum absolute atomic E-state index is 0.198. The standard InChI is InChI=1S/C16H22N2O2S/c19-15-13-21-16(14-5-2-1-3-6-14)18(15)8-4-7-17-9-11-20-12-10-17/h1-3,5-6,16H,4,7-13H2/t16-/m1/s1. The highest BCUT2D eigenvalue weighted by Crippen LogP contribution is 2.38. The molecule has 2 aliphatic rings. The Hall–Kier alpha value is -1.04. The second-order valence-electron chi connectivity index (χ2n) is 5.47. The van der Waals surface area contributed by atoms with E-state index in [-0.39, 0.29) is 11.3 Å². The lowest BCUT2D eigenvalue weighted by atomic mass is 10.2. The molecule has 2 aliphatic heterocycles. The highest BCUT2D eigenvalue weighted by molar-refractivity contribution is 8.00. The maximum atomic E-state index is 12.1. The predicted molar refractivity (Wildman–Crippen MR) is 85.2 cm³/mol. The van der Waals surface area contributed by atoms with E-state index in [4.69, 9.17) is 4.74 Å². The monoisotopic (exact) mass is 306 g/mol. The van der Waals surface area contributed by atoms with Gasteiger partial charge >= 0.3 is 0 Å². The quantitative estimate of drug-likeness (QED) is 0.833. The first kappa shape index (κ1) is 14.9. The van der Waals surface area contributed by atoms with Crippen molar-refractivity contribution in [2.45, 2.75) is 11.8 Å². The molecule has 3 rings (SSSR count). The van der Waals surface area contributed by atoms with E-state index >= 15 is 0 Å². The Kier molecular flexibility index (Phi) is 5.17. The van der Waals surface area contributed by atoms with Crippen LogP contribution in [0.15, 0.2) is 30.3 Å². The van der Waals surface area contributed by atoms with Crippen LogP contribution in [0.4, 0.5) is 0 Å². The van der Waals surface area contributed by atoms with Crippen molar-refractivity contribution in [3.8, 4) is 0 Å². The fourth-order valence-electron chi connectivity index (χ4n) is 2.88. The van der Waals surface area contributed by atoms with E-state index in [1.165, 1.54) is 5.56 Å². The van der Waals surface area contributed by atoms with Crippen LogP contribution in [0.2, 0.25) is 0 Å². The normalized spacial score (nSPS) is 23.7. The second kappa shape index (κ2) is 7.29. The van der Waals surface area contributed by atoms with E-state index in [0.29, 0.717) is 5.75 Å². The van der Waals surface area contributed by atoms with Crippen LogP contribution >= 0.6 is 11.8 Å². The number of morpholine rings is 1. The van der Waals surface area contributed by atoms with Crippen molar-refractivity contribution in [1.82, 2.24) is 9.80 Å². The largest absolute Gasteiger partial charge is 0.379 e. The van der Waals surface area contributed by atoms with Crippen LogP contribution in [-0.4, -0.2) is 60.9 Å². The molecule has 0 radical (unpaired) electrons. The van der Waals surface area contributed by atoms with Crippen molar-refractivity contribution in [3.63, 3.8) is 0 Å². The van der Waals surface area contributed by atoms with Gasteiger partial charge in [-0.1, -0.05) is 30.3 Å². The van der Waals surface area contributed by atoms with Crippen molar-refractivity contribution >= 4 is 17.7 Å². The average molecular weight is 306 g/mol. The molecule has 1 atom stereocenters. The Morgan fingerprint density at radius 2 is 1.90 bits per heavy atom. The van der Waals surface area contributed by atoms with Crippen molar-refractivity contribution in [3.05, 3.63) is 35.9 Å². The van der Waals surface area contributed by atoms with Gasteiger partial charge in [-0.2, -0.15) is 0 Å². The van der Waals surface area contributed by atoms with Crippen molar-refractivity contribution < 1.29 is 9.53 Å². The van der Waals surface area contributed by atoms with Gasteiger partial charge in [0.15, 0.2) is 0 Å². The smallest absolute Gasteiger partial charge is 0.233 e. The molecule has 0 bridgehead atoms. The maximum Gasteiger partial charge on any atom is 0.233 e. The Morgan fingerprint density at radius 1 is 1.14 bits per heavy atom. The third kappa shape index (κ3) is 3.78. The van der Waals surface area contributed by atoms with Gasteiger partial charge in [-0.25, -0.2) is 0 Å². The van der Waals surface area contributed by atoms with Crippen LogP contribution in [-0.2, 0) is 9.53 Å². The van der Waals surface area contributed by atoms with Gasteiger partial charge in [-0.3, -0.25) is 9.69 Å². The fraction of sp³-hybridized carbons (Fsp3) is 0.562. The molecule has 4 nitrogen and oxygen atoms in total. The Balaban J connectivity index is 1.53. The molecule has 0 aromatic heterocycles. The van der Waals surface area contributed by atoms with Gasteiger partial charge in [-0.15, -0.1) is 11.8 Å². The molecule has 0 saturated carbocycles. The number of benzene rings is 1. The van der Waals surface area contributed by atoms with Crippen molar-refractivity contribution in [2.24, 2.45) is 0 Å². The molecule has 5 heteroatoms. The summed E-state index contributed by atoms with van der Waals surface area (Å²) < 4.78 is 5.36. The molecule has 0 spiro atoms. The summed E-state index contributed by atoms with van der Waals surface area (Å²) in [5, 5.41) is 0.198. The molecule has 1 amide bonds. The van der Waals surface area contributed by atoms with Gasteiger partial charge in [0.25, 0.3) is 0 Å². The van der Waals surface area contributed by atoms with Gasteiger partial charge < -0.3 is 9.64 Å². The summed E-state index contributed by atoms with van der Waals surface area (Å²) in [6, 6.07) is 10.3. The Bertz CT molecular complexity index is 463. The number of carbonyl (C=O) groups is 1. The van der Waals surface area contributed by atoms with Gasteiger partial charge in [0.05, 0.1) is 19.0 Å². The first-order chi connectivity index (χ1) is 10.3. The van der Waals surface area contributed by atoms with E-state index in [1.807, 2.05) is 23.1 Å². The zero-order valence-corrected chi connectivity index (χ0v) is 13.1. The molecule has 0 aliphatic carbocycles. The highest BCUT2D eigenvalue weighted by Gasteiger charge is 2.32. The predicted octanol–water partition coefficient (Wildman–Crippen LogP) is 1.98. The third-order valence-corrected chi connectivity index (χ3v) is 5.29. The molecule has 1 aromatic rings. The van der Waals surface area contributed by atoms with E-state index < -0.39 is 0 Å². The van der Waals surface area contributed by atoms with Crippen molar-refractivity contribution in [1.29, 1.82) is 0 Å². The lowest BCUT2D eigenvalue weighted by molar-refractivity contribution is -0.128. The number of amides is 1. The van der Waals surface area contributed by atoms with Crippen LogP contribution in [0.1, 0.15) is 17.4 Å². The molecule has 21 heavy (non-hydrogen) atoms.